The minimum absolute atomic E-state index is 0.0378. The molecule has 0 aliphatic carbocycles. The molecule has 0 atom stereocenters. The van der Waals surface area contributed by atoms with Gasteiger partial charge in [-0.15, -0.1) is 0 Å². The van der Waals surface area contributed by atoms with E-state index in [0.29, 0.717) is 28.1 Å². The van der Waals surface area contributed by atoms with Gasteiger partial charge in [-0.25, -0.2) is 4.39 Å². The Morgan fingerprint density at radius 2 is 1.97 bits per heavy atom. The maximum absolute atomic E-state index is 14.0. The molecule has 8 heteroatoms. The molecule has 5 nitrogen and oxygen atoms in total. The Morgan fingerprint density at radius 1 is 1.17 bits per heavy atom. The van der Waals surface area contributed by atoms with Crippen molar-refractivity contribution in [2.75, 3.05) is 46.4 Å². The minimum Gasteiger partial charge on any atom is -0.493 e. The predicted octanol–water partition coefficient (Wildman–Crippen LogP) is 3.71. The molecule has 158 valence electrons. The second-order valence-corrected chi connectivity index (χ2v) is 7.68. The van der Waals surface area contributed by atoms with Crippen molar-refractivity contribution in [3.8, 4) is 11.5 Å². The highest BCUT2D eigenvalue weighted by molar-refractivity contribution is 6.32. The molecule has 29 heavy (non-hydrogen) atoms. The predicted molar refractivity (Wildman–Crippen MR) is 115 cm³/mol. The van der Waals surface area contributed by atoms with Gasteiger partial charge in [-0.3, -0.25) is 4.90 Å². The van der Waals surface area contributed by atoms with Crippen molar-refractivity contribution >= 4 is 23.2 Å². The van der Waals surface area contributed by atoms with Crippen molar-refractivity contribution in [2.24, 2.45) is 0 Å². The summed E-state index contributed by atoms with van der Waals surface area (Å²) in [6.45, 7) is 6.80. The smallest absolute Gasteiger partial charge is 0.180 e. The molecule has 2 N–H and O–H groups in total. The molecule has 2 aromatic rings. The van der Waals surface area contributed by atoms with E-state index in [9.17, 15) is 4.39 Å². The van der Waals surface area contributed by atoms with Gasteiger partial charge >= 0.3 is 0 Å². The molecule has 0 amide bonds. The van der Waals surface area contributed by atoms with E-state index < -0.39 is 5.82 Å². The molecule has 1 saturated heterocycles. The molecular formula is C21H26Cl2FN3O2. The minimum atomic E-state index is -0.419. The Labute approximate surface area is 181 Å². The monoisotopic (exact) mass is 441 g/mol. The van der Waals surface area contributed by atoms with Gasteiger partial charge in [0.25, 0.3) is 0 Å². The molecule has 2 aromatic carbocycles. The lowest BCUT2D eigenvalue weighted by Gasteiger charge is -2.27. The van der Waals surface area contributed by atoms with Crippen LogP contribution in [0.5, 0.6) is 11.5 Å². The third-order valence-corrected chi connectivity index (χ3v) is 5.49. The summed E-state index contributed by atoms with van der Waals surface area (Å²) in [6.07, 6.45) is 0. The van der Waals surface area contributed by atoms with Crippen LogP contribution in [-0.2, 0) is 13.2 Å². The molecule has 3 rings (SSSR count). The van der Waals surface area contributed by atoms with Crippen molar-refractivity contribution < 1.29 is 13.9 Å². The number of methoxy groups -OCH3 is 1. The Bertz CT molecular complexity index is 797. The van der Waals surface area contributed by atoms with E-state index in [4.69, 9.17) is 32.7 Å². The zero-order chi connectivity index (χ0) is 20.6. The zero-order valence-corrected chi connectivity index (χ0v) is 18.0. The number of nitrogens with zero attached hydrogens (tertiary/aromatic N) is 1. The molecule has 1 fully saturated rings. The van der Waals surface area contributed by atoms with E-state index in [0.717, 1.165) is 44.8 Å². The Hall–Kier alpha value is -1.57. The lowest BCUT2D eigenvalue weighted by Crippen LogP contribution is -2.45. The fourth-order valence-electron chi connectivity index (χ4n) is 3.23. The highest BCUT2D eigenvalue weighted by Gasteiger charge is 2.15. The van der Waals surface area contributed by atoms with E-state index in [2.05, 4.69) is 15.5 Å². The van der Waals surface area contributed by atoms with Crippen molar-refractivity contribution in [1.29, 1.82) is 0 Å². The first-order chi connectivity index (χ1) is 14.1. The number of hydrogen-bond acceptors (Lipinski definition) is 5. The van der Waals surface area contributed by atoms with Crippen LogP contribution in [0.25, 0.3) is 0 Å². The lowest BCUT2D eigenvalue weighted by molar-refractivity contribution is 0.241. The third kappa shape index (κ3) is 6.20. The summed E-state index contributed by atoms with van der Waals surface area (Å²) in [6, 6.07) is 8.23. The number of piperazine rings is 1. The summed E-state index contributed by atoms with van der Waals surface area (Å²) >= 11 is 12.5. The van der Waals surface area contributed by atoms with Crippen LogP contribution in [0, 0.1) is 5.82 Å². The number of nitrogens with one attached hydrogen (secondary N) is 2. The first-order valence-electron chi connectivity index (χ1n) is 9.64. The largest absolute Gasteiger partial charge is 0.493 e. The molecule has 1 heterocycles. The summed E-state index contributed by atoms with van der Waals surface area (Å²) in [4.78, 5) is 2.43. The quantitative estimate of drug-likeness (QED) is 0.580. The van der Waals surface area contributed by atoms with Gasteiger partial charge in [0.15, 0.2) is 11.5 Å². The average Bonchev–Trinajstić information content (AvgIpc) is 2.72. The van der Waals surface area contributed by atoms with E-state index in [1.165, 1.54) is 6.07 Å². The van der Waals surface area contributed by atoms with E-state index in [-0.39, 0.29) is 12.2 Å². The summed E-state index contributed by atoms with van der Waals surface area (Å²) < 4.78 is 25.2. The van der Waals surface area contributed by atoms with E-state index >= 15 is 0 Å². The average molecular weight is 442 g/mol. The van der Waals surface area contributed by atoms with Gasteiger partial charge in [0.2, 0.25) is 0 Å². The maximum Gasteiger partial charge on any atom is 0.180 e. The number of ether oxygens (including phenoxy) is 2. The van der Waals surface area contributed by atoms with Crippen LogP contribution in [0.4, 0.5) is 4.39 Å². The molecule has 0 aromatic heterocycles. The molecular weight excluding hydrogens is 416 g/mol. The second-order valence-electron chi connectivity index (χ2n) is 6.87. The van der Waals surface area contributed by atoms with Crippen molar-refractivity contribution in [2.45, 2.75) is 13.2 Å². The van der Waals surface area contributed by atoms with Crippen LogP contribution >= 0.6 is 23.2 Å². The van der Waals surface area contributed by atoms with Gasteiger partial charge in [0.1, 0.15) is 12.4 Å². The molecule has 0 saturated carbocycles. The fourth-order valence-corrected chi connectivity index (χ4v) is 3.74. The van der Waals surface area contributed by atoms with Crippen LogP contribution < -0.4 is 20.1 Å². The van der Waals surface area contributed by atoms with Gasteiger partial charge < -0.3 is 20.1 Å². The van der Waals surface area contributed by atoms with Crippen LogP contribution in [0.15, 0.2) is 30.3 Å². The maximum atomic E-state index is 14.0. The van der Waals surface area contributed by atoms with E-state index in [1.54, 1.807) is 19.2 Å². The van der Waals surface area contributed by atoms with Crippen LogP contribution in [0.3, 0.4) is 0 Å². The van der Waals surface area contributed by atoms with Crippen molar-refractivity contribution in [3.63, 3.8) is 0 Å². The summed E-state index contributed by atoms with van der Waals surface area (Å²) in [5, 5.41) is 7.51. The van der Waals surface area contributed by atoms with Crippen molar-refractivity contribution in [3.05, 3.63) is 57.3 Å². The SMILES string of the molecule is COc1cc(CNCCN2CCNCC2)cc(Cl)c1OCc1c(F)cccc1Cl. The Kier molecular flexibility index (Phi) is 8.39. The molecule has 0 bridgehead atoms. The highest BCUT2D eigenvalue weighted by Crippen LogP contribution is 2.37. The molecule has 0 unspecified atom stereocenters. The van der Waals surface area contributed by atoms with Crippen molar-refractivity contribution in [1.82, 2.24) is 15.5 Å². The highest BCUT2D eigenvalue weighted by atomic mass is 35.5. The topological polar surface area (TPSA) is 45.8 Å². The normalized spacial score (nSPS) is 14.8. The van der Waals surface area contributed by atoms with Crippen LogP contribution in [0.2, 0.25) is 10.0 Å². The zero-order valence-electron chi connectivity index (χ0n) is 16.4. The Balaban J connectivity index is 1.58. The van der Waals surface area contributed by atoms with Crippen LogP contribution in [0.1, 0.15) is 11.1 Å². The lowest BCUT2D eigenvalue weighted by atomic mass is 10.2. The van der Waals surface area contributed by atoms with Crippen LogP contribution in [-0.4, -0.2) is 51.3 Å². The van der Waals surface area contributed by atoms with Gasteiger partial charge in [0.05, 0.1) is 17.2 Å². The van der Waals surface area contributed by atoms with Gasteiger partial charge in [0, 0.05) is 51.4 Å². The number of rotatable bonds is 9. The first-order valence-corrected chi connectivity index (χ1v) is 10.4. The molecule has 1 aliphatic heterocycles. The number of hydrogen-bond donors (Lipinski definition) is 2. The number of benzene rings is 2. The van der Waals surface area contributed by atoms with Gasteiger partial charge in [-0.1, -0.05) is 29.3 Å². The fraction of sp³-hybridized carbons (Fsp3) is 0.429. The summed E-state index contributed by atoms with van der Waals surface area (Å²) in [7, 11) is 1.55. The summed E-state index contributed by atoms with van der Waals surface area (Å²) in [5.41, 5.74) is 1.27. The second kappa shape index (κ2) is 11.0. The van der Waals surface area contributed by atoms with Gasteiger partial charge in [-0.2, -0.15) is 0 Å². The summed E-state index contributed by atoms with van der Waals surface area (Å²) in [5.74, 6) is 0.458. The van der Waals surface area contributed by atoms with Gasteiger partial charge in [-0.05, 0) is 29.8 Å². The first kappa shape index (κ1) is 22.1. The Morgan fingerprint density at radius 3 is 2.69 bits per heavy atom. The standard InChI is InChI=1S/C21H26Cl2FN3O2/c1-28-20-12-15(13-26-7-10-27-8-5-25-6-9-27)11-18(23)21(20)29-14-16-17(22)3-2-4-19(16)24/h2-4,11-12,25-26H,5-10,13-14H2,1H3. The van der Waals surface area contributed by atoms with E-state index in [1.807, 2.05) is 12.1 Å². The molecule has 1 aliphatic rings. The third-order valence-electron chi connectivity index (χ3n) is 4.86. The molecule has 0 spiro atoms. The molecule has 0 radical (unpaired) electrons. The number of halogens is 3.